The van der Waals surface area contributed by atoms with Crippen LogP contribution in [-0.2, 0) is 4.79 Å². The zero-order valence-electron chi connectivity index (χ0n) is 8.54. The zero-order valence-corrected chi connectivity index (χ0v) is 8.54. The molecule has 14 heavy (non-hydrogen) atoms. The van der Waals surface area contributed by atoms with Crippen LogP contribution in [0.2, 0.25) is 0 Å². The molecule has 1 aromatic heterocycles. The fourth-order valence-corrected chi connectivity index (χ4v) is 1.09. The lowest BCUT2D eigenvalue weighted by molar-refractivity contribution is -0.117. The number of amides is 1. The molecule has 1 amide bonds. The molecule has 0 spiro atoms. The number of anilines is 1. The van der Waals surface area contributed by atoms with Crippen molar-refractivity contribution in [2.75, 3.05) is 11.9 Å². The van der Waals surface area contributed by atoms with Crippen molar-refractivity contribution in [3.63, 3.8) is 0 Å². The summed E-state index contributed by atoms with van der Waals surface area (Å²) in [5.74, 6) is 1.42. The lowest BCUT2D eigenvalue weighted by Crippen LogP contribution is -2.19. The molecule has 78 valence electrons. The van der Waals surface area contributed by atoms with Gasteiger partial charge < -0.3 is 10.2 Å². The van der Waals surface area contributed by atoms with Gasteiger partial charge in [-0.15, -0.1) is 0 Å². The molecule has 0 fully saturated rings. The summed E-state index contributed by atoms with van der Waals surface area (Å²) in [7, 11) is 0. The summed E-state index contributed by atoms with van der Waals surface area (Å²) in [6, 6.07) is 3.54. The highest BCUT2D eigenvalue weighted by molar-refractivity contribution is 5.89. The van der Waals surface area contributed by atoms with Crippen LogP contribution < -0.4 is 11.1 Å². The molecule has 1 aromatic rings. The van der Waals surface area contributed by atoms with Crippen molar-refractivity contribution >= 4 is 11.8 Å². The molecule has 4 heteroatoms. The van der Waals surface area contributed by atoms with Crippen molar-refractivity contribution in [1.82, 2.24) is 0 Å². The molecule has 0 bridgehead atoms. The molecule has 3 N–H and O–H groups in total. The summed E-state index contributed by atoms with van der Waals surface area (Å²) in [5.41, 5.74) is 5.41. The molecular formula is C10H16N2O2. The van der Waals surface area contributed by atoms with Crippen molar-refractivity contribution in [2.45, 2.75) is 20.3 Å². The van der Waals surface area contributed by atoms with E-state index >= 15 is 0 Å². The topological polar surface area (TPSA) is 68.3 Å². The van der Waals surface area contributed by atoms with Gasteiger partial charge in [0.2, 0.25) is 5.91 Å². The van der Waals surface area contributed by atoms with Crippen LogP contribution in [0.3, 0.4) is 0 Å². The summed E-state index contributed by atoms with van der Waals surface area (Å²) in [5, 5.41) is 2.67. The monoisotopic (exact) mass is 196 g/mol. The molecule has 1 unspecified atom stereocenters. The zero-order chi connectivity index (χ0) is 10.6. The van der Waals surface area contributed by atoms with Crippen LogP contribution in [0.25, 0.3) is 0 Å². The first-order valence-electron chi connectivity index (χ1n) is 4.68. The molecule has 0 aromatic carbocycles. The number of carbonyl (C=O) groups excluding carboxylic acids is 1. The van der Waals surface area contributed by atoms with E-state index in [0.29, 0.717) is 18.8 Å². The van der Waals surface area contributed by atoms with E-state index in [0.717, 1.165) is 5.76 Å². The number of hydrogen-bond acceptors (Lipinski definition) is 3. The van der Waals surface area contributed by atoms with E-state index in [-0.39, 0.29) is 11.8 Å². The van der Waals surface area contributed by atoms with Crippen molar-refractivity contribution in [1.29, 1.82) is 0 Å². The number of nitrogens with two attached hydrogens (primary N) is 1. The van der Waals surface area contributed by atoms with Gasteiger partial charge in [-0.05, 0) is 25.5 Å². The molecule has 0 saturated carbocycles. The van der Waals surface area contributed by atoms with Gasteiger partial charge >= 0.3 is 0 Å². The summed E-state index contributed by atoms with van der Waals surface area (Å²) in [6.07, 6.45) is 0.427. The van der Waals surface area contributed by atoms with Crippen LogP contribution >= 0.6 is 0 Å². The minimum absolute atomic E-state index is 0.0581. The van der Waals surface area contributed by atoms with Gasteiger partial charge in [0.05, 0.1) is 0 Å². The first-order valence-corrected chi connectivity index (χ1v) is 4.68. The van der Waals surface area contributed by atoms with E-state index in [9.17, 15) is 4.79 Å². The number of carbonyl (C=O) groups is 1. The second-order valence-electron chi connectivity index (χ2n) is 3.50. The van der Waals surface area contributed by atoms with E-state index in [1.807, 2.05) is 19.9 Å². The fourth-order valence-electron chi connectivity index (χ4n) is 1.09. The maximum Gasteiger partial charge on any atom is 0.226 e. The first-order chi connectivity index (χ1) is 6.61. The molecule has 1 rings (SSSR count). The minimum atomic E-state index is -0.0581. The average Bonchev–Trinajstić information content (AvgIpc) is 2.50. The van der Waals surface area contributed by atoms with Crippen LogP contribution in [-0.4, -0.2) is 12.5 Å². The molecule has 0 aliphatic rings. The molecule has 1 heterocycles. The van der Waals surface area contributed by atoms with Crippen molar-refractivity contribution in [2.24, 2.45) is 11.7 Å². The number of aryl methyl sites for hydroxylation is 1. The van der Waals surface area contributed by atoms with E-state index in [1.165, 1.54) is 0 Å². The Hall–Kier alpha value is -1.29. The Kier molecular flexibility index (Phi) is 3.71. The van der Waals surface area contributed by atoms with Crippen LogP contribution in [0.15, 0.2) is 16.5 Å². The summed E-state index contributed by atoms with van der Waals surface area (Å²) in [4.78, 5) is 11.4. The number of rotatable bonds is 4. The third-order valence-electron chi connectivity index (χ3n) is 1.94. The fraction of sp³-hybridized carbons (Fsp3) is 0.500. The molecule has 0 aliphatic carbocycles. The van der Waals surface area contributed by atoms with Gasteiger partial charge in [0, 0.05) is 12.5 Å². The predicted octanol–water partition coefficient (Wildman–Crippen LogP) is 1.51. The van der Waals surface area contributed by atoms with Gasteiger partial charge in [0.25, 0.3) is 0 Å². The summed E-state index contributed by atoms with van der Waals surface area (Å²) < 4.78 is 5.21. The van der Waals surface area contributed by atoms with Gasteiger partial charge in [0.15, 0.2) is 5.88 Å². The van der Waals surface area contributed by atoms with Crippen molar-refractivity contribution in [3.8, 4) is 0 Å². The predicted molar refractivity (Wildman–Crippen MR) is 54.9 cm³/mol. The van der Waals surface area contributed by atoms with Gasteiger partial charge in [-0.1, -0.05) is 6.92 Å². The smallest absolute Gasteiger partial charge is 0.226 e. The van der Waals surface area contributed by atoms with E-state index in [2.05, 4.69) is 5.32 Å². The molecule has 0 saturated heterocycles. The SMILES string of the molecule is Cc1ccc(NC(=O)CC(C)CN)o1. The molecule has 0 aliphatic heterocycles. The second-order valence-corrected chi connectivity index (χ2v) is 3.50. The Bertz CT molecular complexity index is 307. The maximum absolute atomic E-state index is 11.4. The molecule has 4 nitrogen and oxygen atoms in total. The Morgan fingerprint density at radius 3 is 2.86 bits per heavy atom. The lowest BCUT2D eigenvalue weighted by atomic mass is 10.1. The highest BCUT2D eigenvalue weighted by Gasteiger charge is 2.08. The van der Waals surface area contributed by atoms with E-state index < -0.39 is 0 Å². The third kappa shape index (κ3) is 3.22. The average molecular weight is 196 g/mol. The van der Waals surface area contributed by atoms with E-state index in [1.54, 1.807) is 6.07 Å². The minimum Gasteiger partial charge on any atom is -0.446 e. The lowest BCUT2D eigenvalue weighted by Gasteiger charge is -2.06. The summed E-state index contributed by atoms with van der Waals surface area (Å²) in [6.45, 7) is 4.29. The molecular weight excluding hydrogens is 180 g/mol. The van der Waals surface area contributed by atoms with Gasteiger partial charge in [-0.25, -0.2) is 0 Å². The van der Waals surface area contributed by atoms with Crippen molar-refractivity contribution in [3.05, 3.63) is 17.9 Å². The summed E-state index contributed by atoms with van der Waals surface area (Å²) >= 11 is 0. The van der Waals surface area contributed by atoms with Gasteiger partial charge in [0.1, 0.15) is 5.76 Å². The Morgan fingerprint density at radius 2 is 2.36 bits per heavy atom. The Labute approximate surface area is 83.5 Å². The Morgan fingerprint density at radius 1 is 1.64 bits per heavy atom. The Balaban J connectivity index is 2.41. The highest BCUT2D eigenvalue weighted by atomic mass is 16.4. The highest BCUT2D eigenvalue weighted by Crippen LogP contribution is 2.12. The standard InChI is InChI=1S/C10H16N2O2/c1-7(6-11)5-9(13)12-10-4-3-8(2)14-10/h3-4,7H,5-6,11H2,1-2H3,(H,12,13). The number of nitrogens with one attached hydrogen (secondary N) is 1. The van der Waals surface area contributed by atoms with Crippen LogP contribution in [0.1, 0.15) is 19.1 Å². The van der Waals surface area contributed by atoms with Gasteiger partial charge in [-0.2, -0.15) is 0 Å². The maximum atomic E-state index is 11.4. The molecule has 1 atom stereocenters. The van der Waals surface area contributed by atoms with Crippen LogP contribution in [0.5, 0.6) is 0 Å². The largest absolute Gasteiger partial charge is 0.446 e. The number of furan rings is 1. The third-order valence-corrected chi connectivity index (χ3v) is 1.94. The second kappa shape index (κ2) is 4.81. The van der Waals surface area contributed by atoms with Gasteiger partial charge in [-0.3, -0.25) is 10.1 Å². The van der Waals surface area contributed by atoms with Crippen LogP contribution in [0, 0.1) is 12.8 Å². The normalized spacial score (nSPS) is 12.5. The van der Waals surface area contributed by atoms with E-state index in [4.69, 9.17) is 10.2 Å². The molecule has 0 radical (unpaired) electrons. The van der Waals surface area contributed by atoms with Crippen molar-refractivity contribution < 1.29 is 9.21 Å². The number of hydrogen-bond donors (Lipinski definition) is 2. The van der Waals surface area contributed by atoms with Crippen LogP contribution in [0.4, 0.5) is 5.88 Å². The first kappa shape index (κ1) is 10.8. The quantitative estimate of drug-likeness (QED) is 0.767.